The molecule has 0 aliphatic heterocycles. The van der Waals surface area contributed by atoms with Gasteiger partial charge in [0.15, 0.2) is 0 Å². The van der Waals surface area contributed by atoms with E-state index in [0.717, 1.165) is 10.0 Å². The van der Waals surface area contributed by atoms with Crippen molar-refractivity contribution in [1.29, 1.82) is 0 Å². The topological polar surface area (TPSA) is 47.6 Å². The Balaban J connectivity index is 2.01. The van der Waals surface area contributed by atoms with Gasteiger partial charge in [-0.15, -0.1) is 0 Å². The molecule has 7 heteroatoms. The van der Waals surface area contributed by atoms with Crippen LogP contribution in [0.15, 0.2) is 53.0 Å². The summed E-state index contributed by atoms with van der Waals surface area (Å²) in [7, 11) is 1.55. The summed E-state index contributed by atoms with van der Waals surface area (Å²) in [5.74, 6) is 0.299. The van der Waals surface area contributed by atoms with Crippen LogP contribution in [0.5, 0.6) is 11.5 Å². The molecule has 0 atom stereocenters. The zero-order valence-electron chi connectivity index (χ0n) is 12.6. The molecule has 2 aromatic rings. The van der Waals surface area contributed by atoms with E-state index in [1.807, 2.05) is 12.1 Å². The Kier molecular flexibility index (Phi) is 6.31. The molecular weight excluding hydrogens is 384 g/mol. The van der Waals surface area contributed by atoms with Crippen LogP contribution in [0.4, 0.5) is 14.5 Å². The van der Waals surface area contributed by atoms with Crippen molar-refractivity contribution in [2.75, 3.05) is 12.4 Å². The van der Waals surface area contributed by atoms with Crippen LogP contribution in [0.2, 0.25) is 0 Å². The van der Waals surface area contributed by atoms with Gasteiger partial charge < -0.3 is 14.8 Å². The number of rotatable bonds is 6. The lowest BCUT2D eigenvalue weighted by Crippen LogP contribution is -2.08. The number of methoxy groups -OCH3 is 1. The molecule has 0 fully saturated rings. The number of anilines is 1. The Hall–Kier alpha value is -2.41. The Morgan fingerprint density at radius 2 is 1.92 bits per heavy atom. The zero-order chi connectivity index (χ0) is 17.5. The van der Waals surface area contributed by atoms with E-state index >= 15 is 0 Å². The van der Waals surface area contributed by atoms with Crippen molar-refractivity contribution in [3.63, 3.8) is 0 Å². The summed E-state index contributed by atoms with van der Waals surface area (Å²) in [5, 5.41) is 2.62. The van der Waals surface area contributed by atoms with Crippen LogP contribution in [0, 0.1) is 0 Å². The number of hydrogen-bond donors (Lipinski definition) is 1. The lowest BCUT2D eigenvalue weighted by molar-refractivity contribution is -0.111. The molecule has 0 saturated heterocycles. The summed E-state index contributed by atoms with van der Waals surface area (Å²) in [6.07, 6.45) is 2.97. The van der Waals surface area contributed by atoms with Gasteiger partial charge in [-0.1, -0.05) is 15.9 Å². The van der Waals surface area contributed by atoms with Crippen LogP contribution in [0.25, 0.3) is 6.08 Å². The van der Waals surface area contributed by atoms with Gasteiger partial charge in [-0.25, -0.2) is 0 Å². The van der Waals surface area contributed by atoms with Gasteiger partial charge >= 0.3 is 6.61 Å². The van der Waals surface area contributed by atoms with Crippen LogP contribution in [-0.2, 0) is 4.79 Å². The number of amides is 1. The van der Waals surface area contributed by atoms with E-state index in [4.69, 9.17) is 4.74 Å². The van der Waals surface area contributed by atoms with Gasteiger partial charge in [0.05, 0.1) is 7.11 Å². The molecule has 0 aromatic heterocycles. The number of hydrogen-bond acceptors (Lipinski definition) is 3. The van der Waals surface area contributed by atoms with Crippen molar-refractivity contribution in [1.82, 2.24) is 0 Å². The fraction of sp³-hybridized carbons (Fsp3) is 0.118. The van der Waals surface area contributed by atoms with Crippen LogP contribution >= 0.6 is 15.9 Å². The van der Waals surface area contributed by atoms with Crippen molar-refractivity contribution in [3.8, 4) is 11.5 Å². The molecule has 1 amide bonds. The van der Waals surface area contributed by atoms with Crippen LogP contribution < -0.4 is 14.8 Å². The van der Waals surface area contributed by atoms with E-state index in [1.54, 1.807) is 19.3 Å². The first-order chi connectivity index (χ1) is 11.5. The second kappa shape index (κ2) is 8.44. The molecule has 1 N–H and O–H groups in total. The Bertz CT molecular complexity index is 733. The van der Waals surface area contributed by atoms with E-state index in [0.29, 0.717) is 11.4 Å². The highest BCUT2D eigenvalue weighted by atomic mass is 79.9. The smallest absolute Gasteiger partial charge is 0.387 e. The standard InChI is InChI=1S/C17H14BrF2NO3/c1-23-15-8-3-12(18)10-11(15)2-9-16(22)21-13-4-6-14(7-5-13)24-17(19)20/h2-10,17H,1H3,(H,21,22)/b9-2+. The summed E-state index contributed by atoms with van der Waals surface area (Å²) >= 11 is 3.35. The first kappa shape index (κ1) is 17.9. The van der Waals surface area contributed by atoms with Gasteiger partial charge in [0, 0.05) is 21.8 Å². The molecule has 2 rings (SSSR count). The fourth-order valence-corrected chi connectivity index (χ4v) is 2.28. The third kappa shape index (κ3) is 5.34. The highest BCUT2D eigenvalue weighted by molar-refractivity contribution is 9.10. The predicted molar refractivity (Wildman–Crippen MR) is 91.4 cm³/mol. The minimum absolute atomic E-state index is 0.0254. The molecule has 24 heavy (non-hydrogen) atoms. The Morgan fingerprint density at radius 1 is 1.21 bits per heavy atom. The normalized spacial score (nSPS) is 10.9. The van der Waals surface area contributed by atoms with Crippen LogP contribution in [-0.4, -0.2) is 19.6 Å². The lowest BCUT2D eigenvalue weighted by atomic mass is 10.2. The zero-order valence-corrected chi connectivity index (χ0v) is 14.2. The van der Waals surface area contributed by atoms with Gasteiger partial charge in [-0.2, -0.15) is 8.78 Å². The van der Waals surface area contributed by atoms with E-state index in [2.05, 4.69) is 26.0 Å². The third-order valence-corrected chi connectivity index (χ3v) is 3.45. The van der Waals surface area contributed by atoms with Gasteiger partial charge in [0.25, 0.3) is 0 Å². The molecule has 4 nitrogen and oxygen atoms in total. The average Bonchev–Trinajstić information content (AvgIpc) is 2.54. The number of carbonyl (C=O) groups excluding carboxylic acids is 1. The summed E-state index contributed by atoms with van der Waals surface area (Å²) < 4.78 is 34.5. The molecule has 126 valence electrons. The monoisotopic (exact) mass is 397 g/mol. The highest BCUT2D eigenvalue weighted by Crippen LogP contribution is 2.24. The van der Waals surface area contributed by atoms with E-state index < -0.39 is 6.61 Å². The van der Waals surface area contributed by atoms with Crippen molar-refractivity contribution in [2.45, 2.75) is 6.61 Å². The number of halogens is 3. The van der Waals surface area contributed by atoms with Crippen molar-refractivity contribution < 1.29 is 23.0 Å². The molecule has 0 aliphatic carbocycles. The molecule has 0 unspecified atom stereocenters. The minimum Gasteiger partial charge on any atom is -0.496 e. The number of benzene rings is 2. The molecule has 0 spiro atoms. The summed E-state index contributed by atoms with van der Waals surface area (Å²) in [4.78, 5) is 11.9. The van der Waals surface area contributed by atoms with Crippen molar-refractivity contribution in [3.05, 3.63) is 58.6 Å². The number of carbonyl (C=O) groups is 1. The second-order valence-electron chi connectivity index (χ2n) is 4.61. The Labute approximate surface area is 146 Å². The van der Waals surface area contributed by atoms with E-state index in [1.165, 1.54) is 30.3 Å². The summed E-state index contributed by atoms with van der Waals surface area (Å²) in [6.45, 7) is -2.88. The first-order valence-electron chi connectivity index (χ1n) is 6.85. The third-order valence-electron chi connectivity index (χ3n) is 2.95. The van der Waals surface area contributed by atoms with Crippen molar-refractivity contribution in [2.24, 2.45) is 0 Å². The highest BCUT2D eigenvalue weighted by Gasteiger charge is 2.05. The predicted octanol–water partition coefficient (Wildman–Crippen LogP) is 4.71. The average molecular weight is 398 g/mol. The molecule has 0 aliphatic rings. The fourth-order valence-electron chi connectivity index (χ4n) is 1.90. The van der Waals surface area contributed by atoms with Crippen LogP contribution in [0.3, 0.4) is 0 Å². The molecule has 0 radical (unpaired) electrons. The number of alkyl halides is 2. The van der Waals surface area contributed by atoms with Crippen molar-refractivity contribution >= 4 is 33.6 Å². The molecule has 0 bridgehead atoms. The Morgan fingerprint density at radius 3 is 2.54 bits per heavy atom. The summed E-state index contributed by atoms with van der Waals surface area (Å²) in [6, 6.07) is 11.1. The minimum atomic E-state index is -2.88. The molecule has 0 heterocycles. The van der Waals surface area contributed by atoms with E-state index in [-0.39, 0.29) is 11.7 Å². The van der Waals surface area contributed by atoms with Gasteiger partial charge in [-0.3, -0.25) is 4.79 Å². The van der Waals surface area contributed by atoms with Gasteiger partial charge in [-0.05, 0) is 48.5 Å². The number of nitrogens with one attached hydrogen (secondary N) is 1. The maximum Gasteiger partial charge on any atom is 0.387 e. The second-order valence-corrected chi connectivity index (χ2v) is 5.53. The lowest BCUT2D eigenvalue weighted by Gasteiger charge is -2.07. The molecule has 0 saturated carbocycles. The van der Waals surface area contributed by atoms with Crippen LogP contribution in [0.1, 0.15) is 5.56 Å². The first-order valence-corrected chi connectivity index (χ1v) is 7.64. The SMILES string of the molecule is COc1ccc(Br)cc1/C=C/C(=O)Nc1ccc(OC(F)F)cc1. The molecular formula is C17H14BrF2NO3. The molecule has 2 aromatic carbocycles. The maximum absolute atomic E-state index is 12.1. The largest absolute Gasteiger partial charge is 0.496 e. The van der Waals surface area contributed by atoms with Gasteiger partial charge in [0.2, 0.25) is 5.91 Å². The maximum atomic E-state index is 12.1. The quantitative estimate of drug-likeness (QED) is 0.717. The van der Waals surface area contributed by atoms with E-state index in [9.17, 15) is 13.6 Å². The number of ether oxygens (including phenoxy) is 2. The summed E-state index contributed by atoms with van der Waals surface area (Å²) in [5.41, 5.74) is 1.20. The van der Waals surface area contributed by atoms with Gasteiger partial charge in [0.1, 0.15) is 11.5 Å².